The minimum atomic E-state index is 0.0515. The standard InChI is InChI=1S/C18H23N3O2/c1-14-11-19-12-17(21-14)20-13-18(7-9-23-10-8-18)15-3-5-16(22-2)6-4-15/h3-6,11-12H,7-10,13H2,1-2H3,(H,20,21). The molecule has 1 N–H and O–H groups in total. The highest BCUT2D eigenvalue weighted by molar-refractivity contribution is 5.37. The number of ether oxygens (including phenoxy) is 2. The first kappa shape index (κ1) is 15.7. The Labute approximate surface area is 137 Å². The van der Waals surface area contributed by atoms with E-state index in [0.717, 1.165) is 49.9 Å². The maximum absolute atomic E-state index is 5.58. The minimum absolute atomic E-state index is 0.0515. The summed E-state index contributed by atoms with van der Waals surface area (Å²) in [7, 11) is 1.69. The molecule has 0 radical (unpaired) electrons. The molecule has 0 spiro atoms. The second-order valence-electron chi connectivity index (χ2n) is 6.02. The van der Waals surface area contributed by atoms with E-state index in [0.29, 0.717) is 0 Å². The van der Waals surface area contributed by atoms with Crippen molar-refractivity contribution in [3.05, 3.63) is 47.9 Å². The van der Waals surface area contributed by atoms with Crippen LogP contribution in [0.25, 0.3) is 0 Å². The van der Waals surface area contributed by atoms with Crippen molar-refractivity contribution < 1.29 is 9.47 Å². The van der Waals surface area contributed by atoms with E-state index >= 15 is 0 Å². The van der Waals surface area contributed by atoms with Crippen molar-refractivity contribution in [2.45, 2.75) is 25.2 Å². The predicted octanol–water partition coefficient (Wildman–Crippen LogP) is 2.95. The van der Waals surface area contributed by atoms with Crippen molar-refractivity contribution in [2.24, 2.45) is 0 Å². The Morgan fingerprint density at radius 2 is 1.91 bits per heavy atom. The van der Waals surface area contributed by atoms with Crippen LogP contribution in [0.5, 0.6) is 5.75 Å². The first-order valence-corrected chi connectivity index (χ1v) is 7.97. The molecule has 0 unspecified atom stereocenters. The largest absolute Gasteiger partial charge is 0.497 e. The summed E-state index contributed by atoms with van der Waals surface area (Å²) >= 11 is 0. The number of hydrogen-bond donors (Lipinski definition) is 1. The summed E-state index contributed by atoms with van der Waals surface area (Å²) in [5, 5.41) is 3.46. The number of aryl methyl sites for hydroxylation is 1. The zero-order chi connectivity index (χ0) is 16.1. The minimum Gasteiger partial charge on any atom is -0.497 e. The zero-order valence-electron chi connectivity index (χ0n) is 13.7. The molecule has 5 nitrogen and oxygen atoms in total. The lowest BCUT2D eigenvalue weighted by atomic mass is 9.74. The van der Waals surface area contributed by atoms with Gasteiger partial charge in [-0.05, 0) is 37.5 Å². The number of anilines is 1. The number of nitrogens with zero attached hydrogens (tertiary/aromatic N) is 2. The van der Waals surface area contributed by atoms with Crippen molar-refractivity contribution >= 4 is 5.82 Å². The molecule has 1 aliphatic rings. The molecule has 2 heterocycles. The average molecular weight is 313 g/mol. The SMILES string of the molecule is COc1ccc(C2(CNc3cncc(C)n3)CCOCC2)cc1. The smallest absolute Gasteiger partial charge is 0.144 e. The lowest BCUT2D eigenvalue weighted by Gasteiger charge is -2.38. The Hall–Kier alpha value is -2.14. The molecule has 23 heavy (non-hydrogen) atoms. The van der Waals surface area contributed by atoms with Gasteiger partial charge in [-0.1, -0.05) is 12.1 Å². The van der Waals surface area contributed by atoms with Crippen LogP contribution >= 0.6 is 0 Å². The van der Waals surface area contributed by atoms with Gasteiger partial charge < -0.3 is 14.8 Å². The maximum atomic E-state index is 5.58. The molecule has 122 valence electrons. The fraction of sp³-hybridized carbons (Fsp3) is 0.444. The summed E-state index contributed by atoms with van der Waals surface area (Å²) < 4.78 is 10.9. The van der Waals surface area contributed by atoms with E-state index in [9.17, 15) is 0 Å². The Morgan fingerprint density at radius 3 is 2.57 bits per heavy atom. The lowest BCUT2D eigenvalue weighted by molar-refractivity contribution is 0.0543. The summed E-state index contributed by atoms with van der Waals surface area (Å²) in [5.74, 6) is 1.71. The van der Waals surface area contributed by atoms with Crippen LogP contribution in [0.4, 0.5) is 5.82 Å². The Bertz CT molecular complexity index is 637. The Morgan fingerprint density at radius 1 is 1.17 bits per heavy atom. The molecule has 0 aliphatic carbocycles. The van der Waals surface area contributed by atoms with E-state index < -0.39 is 0 Å². The molecule has 1 aromatic carbocycles. The maximum Gasteiger partial charge on any atom is 0.144 e. The number of benzene rings is 1. The van der Waals surface area contributed by atoms with Crippen LogP contribution in [0.3, 0.4) is 0 Å². The molecule has 0 saturated carbocycles. The summed E-state index contributed by atoms with van der Waals surface area (Å²) in [4.78, 5) is 8.68. The third kappa shape index (κ3) is 3.62. The monoisotopic (exact) mass is 313 g/mol. The number of hydrogen-bond acceptors (Lipinski definition) is 5. The molecule has 3 rings (SSSR count). The average Bonchev–Trinajstić information content (AvgIpc) is 2.61. The van der Waals surface area contributed by atoms with Crippen LogP contribution in [-0.2, 0) is 10.2 Å². The number of methoxy groups -OCH3 is 1. The summed E-state index contributed by atoms with van der Waals surface area (Å²) in [5.41, 5.74) is 2.28. The second kappa shape index (κ2) is 6.96. The normalized spacial score (nSPS) is 16.8. The first-order chi connectivity index (χ1) is 11.2. The van der Waals surface area contributed by atoms with Gasteiger partial charge in [0, 0.05) is 31.4 Å². The molecule has 1 fully saturated rings. The third-order valence-corrected chi connectivity index (χ3v) is 4.52. The summed E-state index contributed by atoms with van der Waals surface area (Å²) in [6.45, 7) is 4.34. The van der Waals surface area contributed by atoms with Gasteiger partial charge in [0.1, 0.15) is 11.6 Å². The Balaban J connectivity index is 1.81. The van der Waals surface area contributed by atoms with E-state index in [1.54, 1.807) is 19.5 Å². The van der Waals surface area contributed by atoms with Gasteiger partial charge in [0.2, 0.25) is 0 Å². The highest BCUT2D eigenvalue weighted by Crippen LogP contribution is 2.35. The molecule has 0 amide bonds. The van der Waals surface area contributed by atoms with Gasteiger partial charge in [0.05, 0.1) is 19.0 Å². The van der Waals surface area contributed by atoms with Gasteiger partial charge in [0.25, 0.3) is 0 Å². The second-order valence-corrected chi connectivity index (χ2v) is 6.02. The quantitative estimate of drug-likeness (QED) is 0.920. The molecule has 1 saturated heterocycles. The van der Waals surface area contributed by atoms with Gasteiger partial charge in [-0.15, -0.1) is 0 Å². The fourth-order valence-corrected chi connectivity index (χ4v) is 3.08. The van der Waals surface area contributed by atoms with Gasteiger partial charge in [0.15, 0.2) is 0 Å². The van der Waals surface area contributed by atoms with E-state index in [-0.39, 0.29) is 5.41 Å². The van der Waals surface area contributed by atoms with Crippen LogP contribution in [0.2, 0.25) is 0 Å². The van der Waals surface area contributed by atoms with Gasteiger partial charge >= 0.3 is 0 Å². The number of aromatic nitrogens is 2. The predicted molar refractivity (Wildman–Crippen MR) is 90.0 cm³/mol. The van der Waals surface area contributed by atoms with E-state index in [1.165, 1.54) is 5.56 Å². The first-order valence-electron chi connectivity index (χ1n) is 7.97. The molecule has 1 aromatic heterocycles. The van der Waals surface area contributed by atoms with Crippen molar-refractivity contribution in [1.82, 2.24) is 9.97 Å². The lowest BCUT2D eigenvalue weighted by Crippen LogP contribution is -2.40. The van der Waals surface area contributed by atoms with E-state index in [4.69, 9.17) is 9.47 Å². The van der Waals surface area contributed by atoms with Gasteiger partial charge in [-0.25, -0.2) is 4.98 Å². The molecular formula is C18H23N3O2. The highest BCUT2D eigenvalue weighted by atomic mass is 16.5. The van der Waals surface area contributed by atoms with E-state index in [2.05, 4.69) is 27.4 Å². The van der Waals surface area contributed by atoms with Crippen LogP contribution in [0.1, 0.15) is 24.1 Å². The topological polar surface area (TPSA) is 56.3 Å². The molecular weight excluding hydrogens is 290 g/mol. The van der Waals surface area contributed by atoms with Crippen molar-refractivity contribution in [2.75, 3.05) is 32.2 Å². The van der Waals surface area contributed by atoms with Crippen LogP contribution in [0, 0.1) is 6.92 Å². The fourth-order valence-electron chi connectivity index (χ4n) is 3.08. The number of nitrogens with one attached hydrogen (secondary N) is 1. The molecule has 0 bridgehead atoms. The number of rotatable bonds is 5. The Kier molecular flexibility index (Phi) is 4.76. The van der Waals surface area contributed by atoms with Gasteiger partial charge in [-0.2, -0.15) is 0 Å². The van der Waals surface area contributed by atoms with Crippen LogP contribution in [-0.4, -0.2) is 36.8 Å². The highest BCUT2D eigenvalue weighted by Gasteiger charge is 2.34. The summed E-state index contributed by atoms with van der Waals surface area (Å²) in [6.07, 6.45) is 5.52. The zero-order valence-corrected chi connectivity index (χ0v) is 13.7. The molecule has 5 heteroatoms. The van der Waals surface area contributed by atoms with Crippen molar-refractivity contribution in [1.29, 1.82) is 0 Å². The van der Waals surface area contributed by atoms with Crippen molar-refractivity contribution in [3.63, 3.8) is 0 Å². The summed E-state index contributed by atoms with van der Waals surface area (Å²) in [6, 6.07) is 8.37. The van der Waals surface area contributed by atoms with Crippen LogP contribution < -0.4 is 10.1 Å². The van der Waals surface area contributed by atoms with Crippen LogP contribution in [0.15, 0.2) is 36.7 Å². The van der Waals surface area contributed by atoms with E-state index in [1.807, 2.05) is 19.1 Å². The molecule has 1 aliphatic heterocycles. The van der Waals surface area contributed by atoms with Gasteiger partial charge in [-0.3, -0.25) is 4.98 Å². The molecule has 0 atom stereocenters. The van der Waals surface area contributed by atoms with Crippen molar-refractivity contribution in [3.8, 4) is 5.75 Å². The third-order valence-electron chi connectivity index (χ3n) is 4.52. The molecule has 2 aromatic rings.